The Morgan fingerprint density at radius 2 is 2.08 bits per heavy atom. The molecule has 1 aliphatic heterocycles. The molecule has 0 saturated carbocycles. The van der Waals surface area contributed by atoms with Crippen LogP contribution in [0.5, 0.6) is 17.4 Å². The molecule has 2 aromatic rings. The Hall–Kier alpha value is -2.23. The second kappa shape index (κ2) is 9.30. The lowest BCUT2D eigenvalue weighted by atomic mass is 10.2. The van der Waals surface area contributed by atoms with Crippen molar-refractivity contribution in [3.63, 3.8) is 0 Å². The standard InChI is InChI=1S/C17H20N4O3.HI/c1-22-16-12(4-2-7-19-16)11-20-17(18)21-13-5-6-14-15(10-13)24-9-3-8-23-14;/h2,4-7,10H,3,8-9,11H2,1H3,(H3,18,20,21);1H. The number of guanidine groups is 1. The van der Waals surface area contributed by atoms with Crippen LogP contribution in [0, 0.1) is 0 Å². The van der Waals surface area contributed by atoms with Gasteiger partial charge in [0.2, 0.25) is 5.88 Å². The Labute approximate surface area is 163 Å². The van der Waals surface area contributed by atoms with Crippen LogP contribution in [-0.2, 0) is 6.54 Å². The maximum atomic E-state index is 5.96. The molecule has 1 aromatic heterocycles. The third kappa shape index (κ3) is 5.12. The van der Waals surface area contributed by atoms with E-state index in [0.717, 1.165) is 23.4 Å². The number of halogens is 1. The molecule has 0 fully saturated rings. The molecule has 7 nitrogen and oxygen atoms in total. The van der Waals surface area contributed by atoms with Crippen molar-refractivity contribution in [2.24, 2.45) is 10.7 Å². The minimum Gasteiger partial charge on any atom is -0.490 e. The van der Waals surface area contributed by atoms with Gasteiger partial charge in [0.05, 0.1) is 26.9 Å². The van der Waals surface area contributed by atoms with Crippen LogP contribution in [0.15, 0.2) is 41.5 Å². The minimum atomic E-state index is 0. The van der Waals surface area contributed by atoms with Gasteiger partial charge in [-0.2, -0.15) is 0 Å². The lowest BCUT2D eigenvalue weighted by molar-refractivity contribution is 0.297. The van der Waals surface area contributed by atoms with Crippen LogP contribution in [0.2, 0.25) is 0 Å². The van der Waals surface area contributed by atoms with E-state index < -0.39 is 0 Å². The summed E-state index contributed by atoms with van der Waals surface area (Å²) < 4.78 is 16.5. The second-order valence-corrected chi connectivity index (χ2v) is 5.21. The molecule has 0 spiro atoms. The first-order chi connectivity index (χ1) is 11.8. The van der Waals surface area contributed by atoms with E-state index in [0.29, 0.717) is 37.3 Å². The first-order valence-electron chi connectivity index (χ1n) is 7.71. The number of nitrogens with two attached hydrogens (primary N) is 1. The maximum absolute atomic E-state index is 5.96. The highest BCUT2D eigenvalue weighted by Gasteiger charge is 2.11. The zero-order valence-electron chi connectivity index (χ0n) is 13.9. The average molecular weight is 456 g/mol. The largest absolute Gasteiger partial charge is 0.490 e. The molecule has 3 N–H and O–H groups in total. The van der Waals surface area contributed by atoms with Crippen LogP contribution in [0.1, 0.15) is 12.0 Å². The molecular formula is C17H21IN4O3. The van der Waals surface area contributed by atoms with E-state index in [4.69, 9.17) is 19.9 Å². The predicted octanol–water partition coefficient (Wildman–Crippen LogP) is 2.80. The van der Waals surface area contributed by atoms with E-state index in [9.17, 15) is 0 Å². The highest BCUT2D eigenvalue weighted by atomic mass is 127. The third-order valence-electron chi connectivity index (χ3n) is 3.48. The summed E-state index contributed by atoms with van der Waals surface area (Å²) >= 11 is 0. The number of fused-ring (bicyclic) bond motifs is 1. The van der Waals surface area contributed by atoms with Gasteiger partial charge in [0.25, 0.3) is 0 Å². The molecule has 1 aromatic carbocycles. The van der Waals surface area contributed by atoms with Gasteiger partial charge in [-0.3, -0.25) is 0 Å². The van der Waals surface area contributed by atoms with Crippen molar-refractivity contribution in [2.45, 2.75) is 13.0 Å². The van der Waals surface area contributed by atoms with Crippen LogP contribution < -0.4 is 25.3 Å². The number of ether oxygens (including phenoxy) is 3. The molecule has 0 atom stereocenters. The van der Waals surface area contributed by atoms with Gasteiger partial charge in [0.1, 0.15) is 0 Å². The molecule has 0 saturated heterocycles. The van der Waals surface area contributed by atoms with Crippen molar-refractivity contribution in [1.29, 1.82) is 0 Å². The summed E-state index contributed by atoms with van der Waals surface area (Å²) in [6.45, 7) is 1.68. The molecule has 8 heteroatoms. The van der Waals surface area contributed by atoms with Crippen molar-refractivity contribution in [3.05, 3.63) is 42.1 Å². The Balaban J connectivity index is 0.00000225. The van der Waals surface area contributed by atoms with Crippen LogP contribution >= 0.6 is 24.0 Å². The highest BCUT2D eigenvalue weighted by Crippen LogP contribution is 2.32. The number of benzene rings is 1. The van der Waals surface area contributed by atoms with E-state index in [1.54, 1.807) is 13.3 Å². The Kier molecular flexibility index (Phi) is 7.11. The fourth-order valence-electron chi connectivity index (χ4n) is 2.33. The van der Waals surface area contributed by atoms with Gasteiger partial charge in [0.15, 0.2) is 17.5 Å². The number of aliphatic imine (C=N–C) groups is 1. The predicted molar refractivity (Wildman–Crippen MR) is 107 cm³/mol. The van der Waals surface area contributed by atoms with Crippen LogP contribution in [-0.4, -0.2) is 31.3 Å². The normalized spacial score (nSPS) is 13.4. The molecule has 3 rings (SSSR count). The second-order valence-electron chi connectivity index (χ2n) is 5.21. The first-order valence-corrected chi connectivity index (χ1v) is 7.71. The van der Waals surface area contributed by atoms with E-state index in [2.05, 4.69) is 15.3 Å². The number of pyridine rings is 1. The maximum Gasteiger partial charge on any atom is 0.218 e. The van der Waals surface area contributed by atoms with Crippen molar-refractivity contribution in [2.75, 3.05) is 25.6 Å². The summed E-state index contributed by atoms with van der Waals surface area (Å²) in [5, 5.41) is 3.05. The van der Waals surface area contributed by atoms with Gasteiger partial charge in [0, 0.05) is 29.9 Å². The van der Waals surface area contributed by atoms with E-state index in [1.807, 2.05) is 30.3 Å². The first kappa shape index (κ1) is 19.1. The van der Waals surface area contributed by atoms with Crippen molar-refractivity contribution in [1.82, 2.24) is 4.98 Å². The molecule has 1 aliphatic rings. The van der Waals surface area contributed by atoms with Crippen LogP contribution in [0.3, 0.4) is 0 Å². The van der Waals surface area contributed by atoms with Gasteiger partial charge < -0.3 is 25.3 Å². The number of aromatic nitrogens is 1. The number of hydrogen-bond acceptors (Lipinski definition) is 5. The van der Waals surface area contributed by atoms with Crippen LogP contribution in [0.25, 0.3) is 0 Å². The lowest BCUT2D eigenvalue weighted by Crippen LogP contribution is -2.22. The van der Waals surface area contributed by atoms with Gasteiger partial charge in [-0.05, 0) is 18.2 Å². The minimum absolute atomic E-state index is 0. The van der Waals surface area contributed by atoms with Gasteiger partial charge in [-0.25, -0.2) is 9.98 Å². The van der Waals surface area contributed by atoms with Gasteiger partial charge in [-0.15, -0.1) is 24.0 Å². The van der Waals surface area contributed by atoms with E-state index in [1.165, 1.54) is 0 Å². The Morgan fingerprint density at radius 1 is 1.28 bits per heavy atom. The molecule has 0 amide bonds. The quantitative estimate of drug-likeness (QED) is 0.418. The number of nitrogens with one attached hydrogen (secondary N) is 1. The summed E-state index contributed by atoms with van der Waals surface area (Å²) in [6.07, 6.45) is 2.54. The molecule has 0 aliphatic carbocycles. The Bertz CT molecular complexity index is 740. The molecule has 134 valence electrons. The summed E-state index contributed by atoms with van der Waals surface area (Å²) in [7, 11) is 1.58. The fourth-order valence-corrected chi connectivity index (χ4v) is 2.33. The van der Waals surface area contributed by atoms with Gasteiger partial charge in [-0.1, -0.05) is 6.07 Å². The van der Waals surface area contributed by atoms with Gasteiger partial charge >= 0.3 is 0 Å². The Morgan fingerprint density at radius 3 is 2.88 bits per heavy atom. The number of anilines is 1. The van der Waals surface area contributed by atoms with Crippen molar-refractivity contribution < 1.29 is 14.2 Å². The van der Waals surface area contributed by atoms with Crippen molar-refractivity contribution in [3.8, 4) is 17.4 Å². The number of hydrogen-bond donors (Lipinski definition) is 2. The summed E-state index contributed by atoms with van der Waals surface area (Å²) in [5.41, 5.74) is 7.61. The summed E-state index contributed by atoms with van der Waals surface area (Å²) in [4.78, 5) is 8.45. The molecule has 0 bridgehead atoms. The molecule has 2 heterocycles. The number of nitrogens with zero attached hydrogens (tertiary/aromatic N) is 2. The highest BCUT2D eigenvalue weighted by molar-refractivity contribution is 14.0. The van der Waals surface area contributed by atoms with E-state index >= 15 is 0 Å². The monoisotopic (exact) mass is 456 g/mol. The smallest absolute Gasteiger partial charge is 0.218 e. The van der Waals surface area contributed by atoms with Crippen molar-refractivity contribution >= 4 is 35.6 Å². The SMILES string of the molecule is COc1ncccc1CN=C(N)Nc1ccc2c(c1)OCCCO2.I. The molecular weight excluding hydrogens is 435 g/mol. The molecule has 0 unspecified atom stereocenters. The third-order valence-corrected chi connectivity index (χ3v) is 3.48. The average Bonchev–Trinajstić information content (AvgIpc) is 2.85. The zero-order chi connectivity index (χ0) is 16.8. The number of methoxy groups -OCH3 is 1. The summed E-state index contributed by atoms with van der Waals surface area (Å²) in [5.74, 6) is 2.30. The zero-order valence-corrected chi connectivity index (χ0v) is 16.2. The van der Waals surface area contributed by atoms with E-state index in [-0.39, 0.29) is 24.0 Å². The summed E-state index contributed by atoms with van der Waals surface area (Å²) in [6, 6.07) is 9.33. The topological polar surface area (TPSA) is 91.0 Å². The number of rotatable bonds is 4. The lowest BCUT2D eigenvalue weighted by Gasteiger charge is -2.11. The molecule has 0 radical (unpaired) electrons. The fraction of sp³-hybridized carbons (Fsp3) is 0.294. The van der Waals surface area contributed by atoms with Crippen LogP contribution in [0.4, 0.5) is 5.69 Å². The molecule has 25 heavy (non-hydrogen) atoms.